The molecule has 0 spiro atoms. The van der Waals surface area contributed by atoms with Crippen LogP contribution in [0, 0.1) is 5.92 Å². The molecule has 38 heavy (non-hydrogen) atoms. The average Bonchev–Trinajstić information content (AvgIpc) is 3.62. The summed E-state index contributed by atoms with van der Waals surface area (Å²) in [5, 5.41) is 9.21. The van der Waals surface area contributed by atoms with Crippen LogP contribution < -0.4 is 21.8 Å². The standard InChI is InChI=1S/C23H38N8.C6H15N/c1-2-16-11-13-30(14-12-16)29-21-20-22(31(15-25-20)19-5-3-4-6-19)28-23(27-21)26-18-9-7-17(24)8-10-18;1-3-5-7-6-4-2/h15-19H,2-14,24H2,1H3,(H2,26,27,28,29);7H,3-6H2,1-2H3. The molecule has 3 aliphatic rings. The number of hydrazine groups is 1. The maximum Gasteiger partial charge on any atom is 0.227 e. The van der Waals surface area contributed by atoms with E-state index in [-0.39, 0.29) is 0 Å². The van der Waals surface area contributed by atoms with Crippen molar-refractivity contribution in [1.82, 2.24) is 29.8 Å². The van der Waals surface area contributed by atoms with Gasteiger partial charge in [0, 0.05) is 31.2 Å². The summed E-state index contributed by atoms with van der Waals surface area (Å²) in [6, 6.07) is 1.25. The molecule has 9 heteroatoms. The van der Waals surface area contributed by atoms with Gasteiger partial charge in [0.2, 0.25) is 5.95 Å². The summed E-state index contributed by atoms with van der Waals surface area (Å²) >= 11 is 0. The van der Waals surface area contributed by atoms with Crippen LogP contribution in [0.5, 0.6) is 0 Å². The van der Waals surface area contributed by atoms with Crippen molar-refractivity contribution in [2.24, 2.45) is 11.7 Å². The second-order valence-electron chi connectivity index (χ2n) is 11.6. The van der Waals surface area contributed by atoms with E-state index in [1.54, 1.807) is 0 Å². The lowest BCUT2D eigenvalue weighted by atomic mass is 9.92. The lowest BCUT2D eigenvalue weighted by Crippen LogP contribution is -2.38. The molecule has 0 bridgehead atoms. The Kier molecular flexibility index (Phi) is 11.4. The molecule has 5 N–H and O–H groups in total. The van der Waals surface area contributed by atoms with E-state index in [1.165, 1.54) is 70.9 Å². The highest BCUT2D eigenvalue weighted by Gasteiger charge is 2.25. The van der Waals surface area contributed by atoms with Crippen LogP contribution in [0.25, 0.3) is 11.2 Å². The van der Waals surface area contributed by atoms with E-state index in [4.69, 9.17) is 20.7 Å². The molecular formula is C29H53N9. The van der Waals surface area contributed by atoms with Crippen molar-refractivity contribution in [1.29, 1.82) is 0 Å². The summed E-state index contributed by atoms with van der Waals surface area (Å²) < 4.78 is 2.29. The van der Waals surface area contributed by atoms with Crippen LogP contribution in [0.1, 0.15) is 110 Å². The number of imidazole rings is 1. The van der Waals surface area contributed by atoms with Gasteiger partial charge in [0.25, 0.3) is 0 Å². The predicted molar refractivity (Wildman–Crippen MR) is 158 cm³/mol. The number of fused-ring (bicyclic) bond motifs is 1. The number of hydrogen-bond donors (Lipinski definition) is 4. The molecule has 9 nitrogen and oxygen atoms in total. The van der Waals surface area contributed by atoms with Gasteiger partial charge in [-0.25, -0.2) is 9.99 Å². The molecule has 3 fully saturated rings. The highest BCUT2D eigenvalue weighted by atomic mass is 15.5. The summed E-state index contributed by atoms with van der Waals surface area (Å²) in [6.07, 6.45) is 17.5. The molecule has 2 saturated carbocycles. The molecule has 0 aromatic carbocycles. The highest BCUT2D eigenvalue weighted by molar-refractivity contribution is 5.84. The number of nitrogens with zero attached hydrogens (tertiary/aromatic N) is 5. The fourth-order valence-corrected chi connectivity index (χ4v) is 6.04. The van der Waals surface area contributed by atoms with Gasteiger partial charge in [-0.3, -0.25) is 0 Å². The number of aromatic nitrogens is 4. The molecule has 0 atom stereocenters. The Labute approximate surface area is 230 Å². The third-order valence-corrected chi connectivity index (χ3v) is 8.55. The van der Waals surface area contributed by atoms with E-state index < -0.39 is 0 Å². The first-order chi connectivity index (χ1) is 18.6. The van der Waals surface area contributed by atoms with Gasteiger partial charge in [-0.15, -0.1) is 0 Å². The second kappa shape index (κ2) is 15.0. The van der Waals surface area contributed by atoms with Gasteiger partial charge in [0.1, 0.15) is 0 Å². The number of anilines is 2. The van der Waals surface area contributed by atoms with Gasteiger partial charge in [-0.05, 0) is 83.2 Å². The van der Waals surface area contributed by atoms with Crippen LogP contribution in [-0.4, -0.2) is 62.8 Å². The normalized spacial score (nSPS) is 23.4. The van der Waals surface area contributed by atoms with Gasteiger partial charge >= 0.3 is 0 Å². The van der Waals surface area contributed by atoms with Crippen molar-refractivity contribution in [3.63, 3.8) is 0 Å². The second-order valence-corrected chi connectivity index (χ2v) is 11.6. The molecule has 0 unspecified atom stereocenters. The smallest absolute Gasteiger partial charge is 0.227 e. The minimum atomic E-state index is 0.341. The zero-order valence-electron chi connectivity index (χ0n) is 24.2. The summed E-state index contributed by atoms with van der Waals surface area (Å²) in [5.74, 6) is 2.41. The minimum absolute atomic E-state index is 0.341. The molecule has 2 aliphatic carbocycles. The Morgan fingerprint density at radius 2 is 1.58 bits per heavy atom. The SMILES string of the molecule is CCC1CCN(Nc2nc(NC3CCC(N)CC3)nc3c2ncn3C2CCCC2)CC1.CCCNCCC. The number of rotatable bonds is 10. The van der Waals surface area contributed by atoms with Crippen molar-refractivity contribution in [2.75, 3.05) is 36.9 Å². The number of hydrogen-bond acceptors (Lipinski definition) is 8. The first-order valence-electron chi connectivity index (χ1n) is 15.6. The molecular weight excluding hydrogens is 474 g/mol. The average molecular weight is 528 g/mol. The van der Waals surface area contributed by atoms with E-state index in [9.17, 15) is 0 Å². The van der Waals surface area contributed by atoms with Crippen LogP contribution in [0.4, 0.5) is 11.8 Å². The molecule has 1 saturated heterocycles. The molecule has 0 radical (unpaired) electrons. The van der Waals surface area contributed by atoms with Gasteiger partial charge in [0.15, 0.2) is 17.0 Å². The molecule has 5 rings (SSSR count). The Morgan fingerprint density at radius 1 is 0.895 bits per heavy atom. The van der Waals surface area contributed by atoms with Gasteiger partial charge in [-0.1, -0.05) is 40.0 Å². The maximum atomic E-state index is 6.10. The van der Waals surface area contributed by atoms with Crippen molar-refractivity contribution in [3.8, 4) is 0 Å². The summed E-state index contributed by atoms with van der Waals surface area (Å²) in [5.41, 5.74) is 11.6. The largest absolute Gasteiger partial charge is 0.351 e. The van der Waals surface area contributed by atoms with Crippen LogP contribution in [0.15, 0.2) is 6.33 Å². The van der Waals surface area contributed by atoms with Gasteiger partial charge < -0.3 is 26.4 Å². The van der Waals surface area contributed by atoms with E-state index in [0.717, 1.165) is 67.6 Å². The third-order valence-electron chi connectivity index (χ3n) is 8.55. The fourth-order valence-electron chi connectivity index (χ4n) is 6.04. The quantitative estimate of drug-likeness (QED) is 0.301. The zero-order valence-corrected chi connectivity index (χ0v) is 24.2. The number of nitrogens with two attached hydrogens (primary N) is 1. The number of nitrogens with one attached hydrogen (secondary N) is 3. The van der Waals surface area contributed by atoms with Gasteiger partial charge in [0.05, 0.1) is 6.33 Å². The van der Waals surface area contributed by atoms with Crippen molar-refractivity contribution < 1.29 is 0 Å². The van der Waals surface area contributed by atoms with Crippen LogP contribution in [-0.2, 0) is 0 Å². The van der Waals surface area contributed by atoms with Crippen LogP contribution in [0.2, 0.25) is 0 Å². The first-order valence-corrected chi connectivity index (χ1v) is 15.6. The topological polar surface area (TPSA) is 109 Å². The Bertz CT molecular complexity index is 935. The first kappa shape index (κ1) is 29.0. The fraction of sp³-hybridized carbons (Fsp3) is 0.828. The number of piperidine rings is 1. The molecule has 3 heterocycles. The molecule has 2 aromatic rings. The van der Waals surface area contributed by atoms with Crippen LogP contribution >= 0.6 is 0 Å². The summed E-state index contributed by atoms with van der Waals surface area (Å²) in [4.78, 5) is 14.6. The highest BCUT2D eigenvalue weighted by Crippen LogP contribution is 2.33. The zero-order chi connectivity index (χ0) is 26.7. The molecule has 214 valence electrons. The van der Waals surface area contributed by atoms with Crippen molar-refractivity contribution in [2.45, 2.75) is 122 Å². The Morgan fingerprint density at radius 3 is 2.21 bits per heavy atom. The summed E-state index contributed by atoms with van der Waals surface area (Å²) in [6.45, 7) is 11.1. The lowest BCUT2D eigenvalue weighted by molar-refractivity contribution is 0.213. The van der Waals surface area contributed by atoms with Crippen LogP contribution in [0.3, 0.4) is 0 Å². The van der Waals surface area contributed by atoms with E-state index in [2.05, 4.69) is 46.4 Å². The third kappa shape index (κ3) is 8.02. The van der Waals surface area contributed by atoms with Crippen molar-refractivity contribution >= 4 is 22.9 Å². The maximum absolute atomic E-state index is 6.10. The van der Waals surface area contributed by atoms with E-state index in [0.29, 0.717) is 18.1 Å². The monoisotopic (exact) mass is 527 g/mol. The van der Waals surface area contributed by atoms with E-state index >= 15 is 0 Å². The Hall–Kier alpha value is -1.97. The molecule has 0 amide bonds. The molecule has 2 aromatic heterocycles. The predicted octanol–water partition coefficient (Wildman–Crippen LogP) is 5.47. The Balaban J connectivity index is 0.000000426. The summed E-state index contributed by atoms with van der Waals surface area (Å²) in [7, 11) is 0. The molecule has 1 aliphatic heterocycles. The minimum Gasteiger partial charge on any atom is -0.351 e. The van der Waals surface area contributed by atoms with Crippen molar-refractivity contribution in [3.05, 3.63) is 6.33 Å². The van der Waals surface area contributed by atoms with Gasteiger partial charge in [-0.2, -0.15) is 9.97 Å². The van der Waals surface area contributed by atoms with E-state index in [1.807, 2.05) is 6.33 Å². The lowest BCUT2D eigenvalue weighted by Gasteiger charge is -2.32.